The second-order valence-electron chi connectivity index (χ2n) is 11.8. The Balaban J connectivity index is 2.17. The van der Waals surface area contributed by atoms with Crippen LogP contribution in [0.25, 0.3) is 0 Å². The first kappa shape index (κ1) is 43.3. The van der Waals surface area contributed by atoms with Gasteiger partial charge in [0.2, 0.25) is 23.6 Å². The van der Waals surface area contributed by atoms with Gasteiger partial charge in [0.1, 0.15) is 45.8 Å². The smallest absolute Gasteiger partial charge is 0.323 e. The van der Waals surface area contributed by atoms with Crippen LogP contribution in [-0.4, -0.2) is 158 Å². The molecule has 0 spiro atoms. The normalized spacial score (nSPS) is 10.4. The lowest BCUT2D eigenvalue weighted by atomic mass is 10.1. The van der Waals surface area contributed by atoms with E-state index in [1.54, 1.807) is 18.2 Å². The van der Waals surface area contributed by atoms with Crippen molar-refractivity contribution in [1.29, 1.82) is 0 Å². The maximum absolute atomic E-state index is 13.3. The second-order valence-corrected chi connectivity index (χ2v) is 11.8. The molecule has 0 atom stereocenters. The molecule has 0 aliphatic carbocycles. The van der Waals surface area contributed by atoms with Crippen LogP contribution in [0.3, 0.4) is 0 Å². The van der Waals surface area contributed by atoms with Crippen molar-refractivity contribution < 1.29 is 68.4 Å². The van der Waals surface area contributed by atoms with E-state index in [4.69, 9.17) is 5.73 Å². The lowest BCUT2D eigenvalue weighted by Gasteiger charge is -2.29. The van der Waals surface area contributed by atoms with Gasteiger partial charge in [0.05, 0.1) is 0 Å². The van der Waals surface area contributed by atoms with Gasteiger partial charge in [0.15, 0.2) is 0 Å². The van der Waals surface area contributed by atoms with E-state index in [1.807, 2.05) is 13.0 Å². The van der Waals surface area contributed by atoms with Crippen molar-refractivity contribution in [2.24, 2.45) is 5.73 Å². The zero-order valence-electron chi connectivity index (χ0n) is 29.1. The first-order chi connectivity index (χ1) is 25.4. The third-order valence-corrected chi connectivity index (χ3v) is 7.44. The minimum absolute atomic E-state index is 0.113. The molecule has 290 valence electrons. The Morgan fingerprint density at radius 2 is 1.00 bits per heavy atom. The summed E-state index contributed by atoms with van der Waals surface area (Å²) in [6.07, 6.45) is 0.502. The Kier molecular flexibility index (Phi) is 16.7. The summed E-state index contributed by atoms with van der Waals surface area (Å²) < 4.78 is 0. The summed E-state index contributed by atoms with van der Waals surface area (Å²) in [6.45, 7) is -5.57. The number of hydrogen-bond donors (Lipinski definition) is 6. The summed E-state index contributed by atoms with van der Waals surface area (Å²) in [4.78, 5) is 125. The van der Waals surface area contributed by atoms with Gasteiger partial charge in [-0.1, -0.05) is 23.8 Å². The summed E-state index contributed by atoms with van der Waals surface area (Å²) in [7, 11) is 0. The van der Waals surface area contributed by atoms with Crippen LogP contribution in [0.1, 0.15) is 49.5 Å². The number of aliphatic carboxylic acids is 4. The lowest BCUT2D eigenvalue weighted by Crippen LogP contribution is -2.52. The highest BCUT2D eigenvalue weighted by Crippen LogP contribution is 2.10. The van der Waals surface area contributed by atoms with E-state index < -0.39 is 99.2 Å². The molecule has 2 aromatic rings. The van der Waals surface area contributed by atoms with E-state index in [2.05, 4.69) is 5.32 Å². The molecule has 2 rings (SSSR count). The predicted molar refractivity (Wildman–Crippen MR) is 184 cm³/mol. The number of unbranched alkanes of at least 4 members (excludes halogenated alkanes) is 1. The largest absolute Gasteiger partial charge is 0.480 e. The minimum Gasteiger partial charge on any atom is -0.480 e. The number of amides is 6. The SMILES string of the molecule is Cc1cccc(C(=O)NCCCCN(CC(=O)O)C(=O)CN(CC(=O)O)C(=O)CN(CC(=O)O)C(=O)CN(CC(=O)O)C(=O)c2cccc(C(N)=O)c2)c1. The van der Waals surface area contributed by atoms with Crippen molar-refractivity contribution in [1.82, 2.24) is 24.9 Å². The fraction of sp³-hybridized carbons (Fsp3) is 0.353. The molecule has 7 N–H and O–H groups in total. The molecule has 54 heavy (non-hydrogen) atoms. The second kappa shape index (κ2) is 20.9. The fourth-order valence-corrected chi connectivity index (χ4v) is 4.90. The van der Waals surface area contributed by atoms with E-state index >= 15 is 0 Å². The van der Waals surface area contributed by atoms with Gasteiger partial charge in [0.25, 0.3) is 11.8 Å². The Morgan fingerprint density at radius 1 is 0.556 bits per heavy atom. The van der Waals surface area contributed by atoms with Crippen LogP contribution in [0.5, 0.6) is 0 Å². The topological polar surface area (TPSA) is 303 Å². The Labute approximate surface area is 307 Å². The summed E-state index contributed by atoms with van der Waals surface area (Å²) in [5, 5.41) is 40.3. The molecule has 0 fully saturated rings. The van der Waals surface area contributed by atoms with E-state index in [1.165, 1.54) is 18.2 Å². The van der Waals surface area contributed by atoms with E-state index in [0.717, 1.165) is 16.5 Å². The number of hydrogen-bond acceptors (Lipinski definition) is 10. The predicted octanol–water partition coefficient (Wildman–Crippen LogP) is -1.43. The Hall–Kier alpha value is -6.86. The molecule has 0 aliphatic rings. The first-order valence-electron chi connectivity index (χ1n) is 16.1. The molecule has 0 saturated heterocycles. The summed E-state index contributed by atoms with van der Waals surface area (Å²) in [5.74, 6) is -12.1. The van der Waals surface area contributed by atoms with Crippen LogP contribution < -0.4 is 11.1 Å². The summed E-state index contributed by atoms with van der Waals surface area (Å²) in [6, 6.07) is 11.6. The van der Waals surface area contributed by atoms with Crippen LogP contribution in [0, 0.1) is 6.92 Å². The molecule has 20 heteroatoms. The van der Waals surface area contributed by atoms with Gasteiger partial charge in [-0.25, -0.2) is 0 Å². The lowest BCUT2D eigenvalue weighted by molar-refractivity contribution is -0.153. The number of aryl methyl sites for hydroxylation is 1. The van der Waals surface area contributed by atoms with Gasteiger partial charge < -0.3 is 51.1 Å². The monoisotopic (exact) mass is 756 g/mol. The molecule has 0 heterocycles. The third-order valence-electron chi connectivity index (χ3n) is 7.44. The number of nitrogens with two attached hydrogens (primary N) is 1. The number of nitrogens with zero attached hydrogens (tertiary/aromatic N) is 4. The fourth-order valence-electron chi connectivity index (χ4n) is 4.90. The molecule has 0 bridgehead atoms. The van der Waals surface area contributed by atoms with Crippen LogP contribution in [0.2, 0.25) is 0 Å². The highest BCUT2D eigenvalue weighted by molar-refractivity contribution is 6.01. The average Bonchev–Trinajstić information content (AvgIpc) is 3.08. The zero-order chi connectivity index (χ0) is 40.5. The van der Waals surface area contributed by atoms with Crippen molar-refractivity contribution in [3.05, 3.63) is 70.8 Å². The van der Waals surface area contributed by atoms with Gasteiger partial charge in [-0.3, -0.25) is 47.9 Å². The number of carboxylic acid groups (broad SMARTS) is 4. The number of primary amides is 1. The van der Waals surface area contributed by atoms with Crippen molar-refractivity contribution in [2.45, 2.75) is 19.8 Å². The van der Waals surface area contributed by atoms with Crippen LogP contribution in [0.4, 0.5) is 0 Å². The highest BCUT2D eigenvalue weighted by atomic mass is 16.4. The number of rotatable bonds is 22. The molecule has 0 saturated carbocycles. The minimum atomic E-state index is -1.65. The number of carboxylic acids is 4. The van der Waals surface area contributed by atoms with E-state index in [0.29, 0.717) is 26.7 Å². The standard InChI is InChI=1S/C34H40N6O14/c1-21-6-4-8-23(12-21)33(53)36-10-2-3-11-37(17-28(44)45)25(41)14-38(18-29(46)47)26(42)15-39(19-30(48)49)27(43)16-40(20-31(50)51)34(54)24-9-5-7-22(13-24)32(35)52/h4-9,12-13H,2-3,10-11,14-20H2,1H3,(H2,35,52)(H,36,53)(H,44,45)(H,46,47)(H,48,49)(H,50,51). The molecule has 20 nitrogen and oxygen atoms in total. The first-order valence-corrected chi connectivity index (χ1v) is 16.1. The maximum Gasteiger partial charge on any atom is 0.323 e. The summed E-state index contributed by atoms with van der Waals surface area (Å²) >= 11 is 0. The van der Waals surface area contributed by atoms with Gasteiger partial charge >= 0.3 is 23.9 Å². The molecule has 6 amide bonds. The quantitative estimate of drug-likeness (QED) is 0.0751. The molecule has 0 unspecified atom stereocenters. The van der Waals surface area contributed by atoms with E-state index in [9.17, 15) is 68.4 Å². The Bertz CT molecular complexity index is 1780. The van der Waals surface area contributed by atoms with Gasteiger partial charge in [-0.05, 0) is 50.1 Å². The van der Waals surface area contributed by atoms with Crippen molar-refractivity contribution >= 4 is 59.3 Å². The Morgan fingerprint density at radius 3 is 1.52 bits per heavy atom. The van der Waals surface area contributed by atoms with Gasteiger partial charge in [-0.15, -0.1) is 0 Å². The van der Waals surface area contributed by atoms with Crippen LogP contribution in [0.15, 0.2) is 48.5 Å². The number of carbonyl (C=O) groups excluding carboxylic acids is 6. The number of nitrogens with one attached hydrogen (secondary N) is 1. The van der Waals surface area contributed by atoms with Crippen molar-refractivity contribution in [3.63, 3.8) is 0 Å². The zero-order valence-corrected chi connectivity index (χ0v) is 29.1. The highest BCUT2D eigenvalue weighted by Gasteiger charge is 2.30. The third kappa shape index (κ3) is 14.8. The number of benzene rings is 2. The number of carbonyl (C=O) groups is 10. The molecule has 2 aromatic carbocycles. The summed E-state index contributed by atoms with van der Waals surface area (Å²) in [5.41, 5.74) is 6.18. The van der Waals surface area contributed by atoms with Gasteiger partial charge in [0, 0.05) is 29.8 Å². The molecule has 0 aromatic heterocycles. The molecular formula is C34H40N6O14. The average molecular weight is 757 g/mol. The van der Waals surface area contributed by atoms with Gasteiger partial charge in [-0.2, -0.15) is 0 Å². The molecule has 0 radical (unpaired) electrons. The van der Waals surface area contributed by atoms with E-state index in [-0.39, 0.29) is 36.5 Å². The maximum atomic E-state index is 13.3. The van der Waals surface area contributed by atoms with Crippen molar-refractivity contribution in [2.75, 3.05) is 58.9 Å². The molecular weight excluding hydrogens is 716 g/mol. The van der Waals surface area contributed by atoms with Crippen LogP contribution >= 0.6 is 0 Å². The van der Waals surface area contributed by atoms with Crippen LogP contribution in [-0.2, 0) is 33.6 Å². The van der Waals surface area contributed by atoms with Crippen molar-refractivity contribution in [3.8, 4) is 0 Å². The molecule has 0 aliphatic heterocycles.